The van der Waals surface area contributed by atoms with Crippen molar-refractivity contribution < 1.29 is 9.72 Å². The van der Waals surface area contributed by atoms with E-state index in [0.29, 0.717) is 19.6 Å². The molecule has 1 atom stereocenters. The van der Waals surface area contributed by atoms with Crippen LogP contribution >= 0.6 is 12.4 Å². The Morgan fingerprint density at radius 1 is 1.50 bits per heavy atom. The number of carbonyl (C=O) groups is 1. The Morgan fingerprint density at radius 2 is 2.25 bits per heavy atom. The number of piperazine rings is 1. The molecule has 0 aromatic carbocycles. The predicted molar refractivity (Wildman–Crippen MR) is 87.1 cm³/mol. The van der Waals surface area contributed by atoms with Crippen molar-refractivity contribution in [3.05, 3.63) is 39.7 Å². The fraction of sp³-hybridized carbons (Fsp3) is 0.462. The number of H-pyrrole nitrogens is 1. The van der Waals surface area contributed by atoms with Crippen molar-refractivity contribution in [2.75, 3.05) is 19.6 Å². The molecule has 2 aromatic rings. The summed E-state index contributed by atoms with van der Waals surface area (Å²) in [5.74, 6) is 0.260. The third kappa shape index (κ3) is 2.97. The number of hydrogen-bond donors (Lipinski definition) is 2. The van der Waals surface area contributed by atoms with E-state index >= 15 is 0 Å². The number of nitrogens with one attached hydrogen (secondary N) is 2. The number of nitrogens with zero attached hydrogens (tertiary/aromatic N) is 5. The summed E-state index contributed by atoms with van der Waals surface area (Å²) in [7, 11) is 1.85. The monoisotopic (exact) mass is 355 g/mol. The van der Waals surface area contributed by atoms with Gasteiger partial charge in [0.15, 0.2) is 0 Å². The SMILES string of the molecule is Cc1[nH]nc(C(=O)N2CCNCC2c2nccn2C)c1[N+](=O)[O-].Cl. The van der Waals surface area contributed by atoms with Crippen LogP contribution in [0.15, 0.2) is 12.4 Å². The van der Waals surface area contributed by atoms with E-state index in [2.05, 4.69) is 20.5 Å². The molecule has 24 heavy (non-hydrogen) atoms. The van der Waals surface area contributed by atoms with E-state index in [1.54, 1.807) is 17.3 Å². The van der Waals surface area contributed by atoms with Gasteiger partial charge in [0.05, 0.1) is 4.92 Å². The molecule has 1 amide bonds. The van der Waals surface area contributed by atoms with E-state index in [1.807, 2.05) is 11.6 Å². The van der Waals surface area contributed by atoms with Gasteiger partial charge in [-0.25, -0.2) is 4.98 Å². The molecule has 2 aromatic heterocycles. The molecule has 0 spiro atoms. The lowest BCUT2D eigenvalue weighted by molar-refractivity contribution is -0.385. The number of carbonyl (C=O) groups excluding carboxylic acids is 1. The van der Waals surface area contributed by atoms with Gasteiger partial charge in [0.1, 0.15) is 17.6 Å². The second-order valence-corrected chi connectivity index (χ2v) is 5.42. The highest BCUT2D eigenvalue weighted by atomic mass is 35.5. The zero-order valence-electron chi connectivity index (χ0n) is 13.2. The summed E-state index contributed by atoms with van der Waals surface area (Å²) in [6.07, 6.45) is 3.46. The molecule has 130 valence electrons. The van der Waals surface area contributed by atoms with Crippen molar-refractivity contribution in [3.63, 3.8) is 0 Å². The van der Waals surface area contributed by atoms with Crippen LogP contribution in [0.3, 0.4) is 0 Å². The summed E-state index contributed by atoms with van der Waals surface area (Å²) in [4.78, 5) is 29.3. The van der Waals surface area contributed by atoms with Gasteiger partial charge in [-0.05, 0) is 6.92 Å². The summed E-state index contributed by atoms with van der Waals surface area (Å²) in [6, 6.07) is -0.298. The van der Waals surface area contributed by atoms with E-state index < -0.39 is 10.8 Å². The molecular weight excluding hydrogens is 338 g/mol. The Labute approximate surface area is 143 Å². The van der Waals surface area contributed by atoms with Gasteiger partial charge >= 0.3 is 5.69 Å². The minimum Gasteiger partial charge on any atom is -0.336 e. The summed E-state index contributed by atoms with van der Waals surface area (Å²) in [5, 5.41) is 20.8. The summed E-state index contributed by atoms with van der Waals surface area (Å²) in [5.41, 5.74) is -0.164. The topological polar surface area (TPSA) is 122 Å². The van der Waals surface area contributed by atoms with Crippen LogP contribution in [0.1, 0.15) is 28.0 Å². The van der Waals surface area contributed by atoms with Gasteiger partial charge in [0.2, 0.25) is 5.69 Å². The zero-order valence-corrected chi connectivity index (χ0v) is 14.0. The fourth-order valence-corrected chi connectivity index (χ4v) is 2.81. The van der Waals surface area contributed by atoms with E-state index in [0.717, 1.165) is 5.82 Å². The number of amides is 1. The van der Waals surface area contributed by atoms with Crippen molar-refractivity contribution in [1.29, 1.82) is 0 Å². The Balaban J connectivity index is 0.00000208. The highest BCUT2D eigenvalue weighted by Gasteiger charge is 2.36. The van der Waals surface area contributed by atoms with Crippen molar-refractivity contribution in [3.8, 4) is 0 Å². The Kier molecular flexibility index (Phi) is 5.20. The molecule has 1 unspecified atom stereocenters. The summed E-state index contributed by atoms with van der Waals surface area (Å²) >= 11 is 0. The second kappa shape index (κ2) is 6.97. The van der Waals surface area contributed by atoms with E-state index in [4.69, 9.17) is 0 Å². The van der Waals surface area contributed by atoms with Crippen molar-refractivity contribution in [2.45, 2.75) is 13.0 Å². The number of imidazole rings is 1. The first-order valence-electron chi connectivity index (χ1n) is 7.19. The molecule has 1 fully saturated rings. The van der Waals surface area contributed by atoms with E-state index in [1.165, 1.54) is 6.92 Å². The fourth-order valence-electron chi connectivity index (χ4n) is 2.81. The van der Waals surface area contributed by atoms with Crippen LogP contribution in [0.5, 0.6) is 0 Å². The summed E-state index contributed by atoms with van der Waals surface area (Å²) < 4.78 is 1.84. The highest BCUT2D eigenvalue weighted by molar-refractivity contribution is 5.96. The molecule has 3 rings (SSSR count). The van der Waals surface area contributed by atoms with Gasteiger partial charge in [0.25, 0.3) is 5.91 Å². The standard InChI is InChI=1S/C13H17N7O3.ClH/c1-8-11(20(22)23)10(17-16-8)13(21)19-6-3-14-7-9(19)12-15-4-5-18(12)2;/h4-5,9,14H,3,6-7H2,1-2H3,(H,16,17);1H. The second-order valence-electron chi connectivity index (χ2n) is 5.42. The van der Waals surface area contributed by atoms with Crippen LogP contribution in [-0.2, 0) is 7.05 Å². The van der Waals surface area contributed by atoms with Crippen molar-refractivity contribution >= 4 is 24.0 Å². The van der Waals surface area contributed by atoms with Gasteiger partial charge in [-0.1, -0.05) is 0 Å². The zero-order chi connectivity index (χ0) is 16.6. The summed E-state index contributed by atoms with van der Waals surface area (Å²) in [6.45, 7) is 3.10. The molecule has 1 saturated heterocycles. The molecule has 1 aliphatic heterocycles. The number of aromatic amines is 1. The molecule has 0 aliphatic carbocycles. The number of aryl methyl sites for hydroxylation is 2. The van der Waals surface area contributed by atoms with Gasteiger partial charge in [-0.2, -0.15) is 5.10 Å². The maximum atomic E-state index is 12.8. The highest BCUT2D eigenvalue weighted by Crippen LogP contribution is 2.27. The Bertz CT molecular complexity index is 757. The first-order valence-corrected chi connectivity index (χ1v) is 7.19. The van der Waals surface area contributed by atoms with Crippen LogP contribution in [0, 0.1) is 17.0 Å². The molecular formula is C13H18ClN7O3. The maximum absolute atomic E-state index is 12.8. The lowest BCUT2D eigenvalue weighted by Gasteiger charge is -2.35. The molecule has 1 aliphatic rings. The van der Waals surface area contributed by atoms with Crippen LogP contribution < -0.4 is 5.32 Å². The smallest absolute Gasteiger partial charge is 0.322 e. The van der Waals surface area contributed by atoms with Gasteiger partial charge in [-0.15, -0.1) is 12.4 Å². The Hall–Kier alpha value is -2.46. The largest absolute Gasteiger partial charge is 0.336 e. The number of halogens is 1. The van der Waals surface area contributed by atoms with Gasteiger partial charge in [0, 0.05) is 39.1 Å². The maximum Gasteiger partial charge on any atom is 0.322 e. The Morgan fingerprint density at radius 3 is 2.88 bits per heavy atom. The average molecular weight is 356 g/mol. The number of rotatable bonds is 3. The first-order chi connectivity index (χ1) is 11.0. The van der Waals surface area contributed by atoms with Crippen LogP contribution in [-0.4, -0.2) is 55.1 Å². The lowest BCUT2D eigenvalue weighted by atomic mass is 10.1. The number of aromatic nitrogens is 4. The average Bonchev–Trinajstić information content (AvgIpc) is 3.12. The molecule has 0 saturated carbocycles. The van der Waals surface area contributed by atoms with Crippen molar-refractivity contribution in [1.82, 2.24) is 30.0 Å². The lowest BCUT2D eigenvalue weighted by Crippen LogP contribution is -2.49. The molecule has 11 heteroatoms. The normalized spacial score (nSPS) is 17.4. The third-order valence-corrected chi connectivity index (χ3v) is 3.96. The molecule has 2 N–H and O–H groups in total. The number of nitro groups is 1. The molecule has 3 heterocycles. The van der Waals surface area contributed by atoms with Crippen molar-refractivity contribution in [2.24, 2.45) is 7.05 Å². The van der Waals surface area contributed by atoms with Crippen LogP contribution in [0.4, 0.5) is 5.69 Å². The minimum atomic E-state index is -0.579. The number of hydrogen-bond acceptors (Lipinski definition) is 6. The molecule has 10 nitrogen and oxygen atoms in total. The third-order valence-electron chi connectivity index (χ3n) is 3.96. The van der Waals surface area contributed by atoms with Crippen LogP contribution in [0.25, 0.3) is 0 Å². The minimum absolute atomic E-state index is 0. The van der Waals surface area contributed by atoms with E-state index in [9.17, 15) is 14.9 Å². The molecule has 0 bridgehead atoms. The van der Waals surface area contributed by atoms with Gasteiger partial charge < -0.3 is 14.8 Å². The van der Waals surface area contributed by atoms with E-state index in [-0.39, 0.29) is 35.5 Å². The first kappa shape index (κ1) is 17.9. The quantitative estimate of drug-likeness (QED) is 0.613. The van der Waals surface area contributed by atoms with Gasteiger partial charge in [-0.3, -0.25) is 20.0 Å². The predicted octanol–water partition coefficient (Wildman–Crippen LogP) is 0.568. The van der Waals surface area contributed by atoms with Crippen LogP contribution in [0.2, 0.25) is 0 Å². The molecule has 0 radical (unpaired) electrons.